The number of benzene rings is 2. The molecule has 2 aromatic rings. The zero-order valence-corrected chi connectivity index (χ0v) is 15.7. The Balaban J connectivity index is 1.48. The summed E-state index contributed by atoms with van der Waals surface area (Å²) in [6.07, 6.45) is 1.32. The van der Waals surface area contributed by atoms with Crippen molar-refractivity contribution < 1.29 is 0 Å². The summed E-state index contributed by atoms with van der Waals surface area (Å²) < 4.78 is 0. The topological polar surface area (TPSA) is 30.3 Å². The molecule has 0 amide bonds. The number of likely N-dealkylation sites (tertiary alicyclic amines) is 1. The lowest BCUT2D eigenvalue weighted by Crippen LogP contribution is -2.36. The van der Waals surface area contributed by atoms with Crippen LogP contribution in [0, 0.1) is 23.2 Å². The molecule has 0 radical (unpaired) electrons. The Morgan fingerprint density at radius 3 is 2.27 bits per heavy atom. The number of nitrogens with zero attached hydrogens (tertiary/aromatic N) is 3. The van der Waals surface area contributed by atoms with E-state index in [0.717, 1.165) is 11.8 Å². The van der Waals surface area contributed by atoms with Crippen molar-refractivity contribution in [2.24, 2.45) is 11.8 Å². The molecule has 0 N–H and O–H groups in total. The van der Waals surface area contributed by atoms with Gasteiger partial charge >= 0.3 is 0 Å². The first kappa shape index (κ1) is 17.1. The van der Waals surface area contributed by atoms with Crippen LogP contribution in [0.5, 0.6) is 0 Å². The molecule has 0 aromatic heterocycles. The van der Waals surface area contributed by atoms with Gasteiger partial charge in [-0.05, 0) is 53.6 Å². The fourth-order valence-electron chi connectivity index (χ4n) is 4.62. The maximum absolute atomic E-state index is 8.94. The second-order valence-electron chi connectivity index (χ2n) is 8.16. The Bertz CT molecular complexity index is 786. The third kappa shape index (κ3) is 3.34. The molecular formula is C23H27N3. The van der Waals surface area contributed by atoms with Crippen molar-refractivity contribution in [3.8, 4) is 17.2 Å². The predicted octanol–water partition coefficient (Wildman–Crippen LogP) is 4.39. The Morgan fingerprint density at radius 1 is 1.00 bits per heavy atom. The van der Waals surface area contributed by atoms with Crippen LogP contribution >= 0.6 is 0 Å². The first-order chi connectivity index (χ1) is 12.6. The quantitative estimate of drug-likeness (QED) is 0.823. The first-order valence-corrected chi connectivity index (χ1v) is 9.73. The molecule has 4 rings (SSSR count). The zero-order valence-electron chi connectivity index (χ0n) is 15.7. The van der Waals surface area contributed by atoms with Gasteiger partial charge in [-0.3, -0.25) is 0 Å². The van der Waals surface area contributed by atoms with E-state index < -0.39 is 0 Å². The van der Waals surface area contributed by atoms with Gasteiger partial charge in [-0.15, -0.1) is 0 Å². The van der Waals surface area contributed by atoms with Crippen LogP contribution in [0.2, 0.25) is 0 Å². The molecule has 2 atom stereocenters. The summed E-state index contributed by atoms with van der Waals surface area (Å²) in [5.41, 5.74) is 4.43. The number of nitriles is 1. The highest BCUT2D eigenvalue weighted by molar-refractivity contribution is 5.67. The Hall–Kier alpha value is -2.31. The standard InChI is InChI=1S/C23H27N3/c1-17(2)14-25-15-21-11-12-26(23(21)16-25)22-9-7-20(8-10-22)19-5-3-18(13-24)4-6-19/h3-10,17,21,23H,11-12,14-16H2,1-2H3/t21-,23+/m1/s1. The van der Waals surface area contributed by atoms with Gasteiger partial charge in [-0.25, -0.2) is 0 Å². The number of fused-ring (bicyclic) bond motifs is 1. The minimum absolute atomic E-state index is 0.675. The van der Waals surface area contributed by atoms with E-state index in [9.17, 15) is 0 Å². The molecule has 3 nitrogen and oxygen atoms in total. The van der Waals surface area contributed by atoms with Crippen LogP contribution in [-0.4, -0.2) is 37.1 Å². The largest absolute Gasteiger partial charge is 0.367 e. The van der Waals surface area contributed by atoms with E-state index >= 15 is 0 Å². The SMILES string of the molecule is CC(C)CN1C[C@H]2CCN(c3ccc(-c4ccc(C#N)cc4)cc3)[C@H]2C1. The zero-order chi connectivity index (χ0) is 18.1. The van der Waals surface area contributed by atoms with Gasteiger partial charge < -0.3 is 9.80 Å². The summed E-state index contributed by atoms with van der Waals surface area (Å²) in [6, 6.07) is 19.6. The summed E-state index contributed by atoms with van der Waals surface area (Å²) in [6.45, 7) is 9.50. The van der Waals surface area contributed by atoms with Crippen LogP contribution in [0.3, 0.4) is 0 Å². The van der Waals surface area contributed by atoms with E-state index in [-0.39, 0.29) is 0 Å². The van der Waals surface area contributed by atoms with Crippen molar-refractivity contribution in [1.29, 1.82) is 5.26 Å². The third-order valence-corrected chi connectivity index (χ3v) is 5.79. The molecule has 0 bridgehead atoms. The van der Waals surface area contributed by atoms with E-state index in [1.165, 1.54) is 49.4 Å². The molecule has 2 aromatic carbocycles. The highest BCUT2D eigenvalue weighted by Gasteiger charge is 2.41. The van der Waals surface area contributed by atoms with E-state index in [1.54, 1.807) is 0 Å². The molecule has 134 valence electrons. The summed E-state index contributed by atoms with van der Waals surface area (Å²) >= 11 is 0. The van der Waals surface area contributed by atoms with Crippen molar-refractivity contribution >= 4 is 5.69 Å². The van der Waals surface area contributed by atoms with Crippen molar-refractivity contribution in [1.82, 2.24) is 4.90 Å². The van der Waals surface area contributed by atoms with Gasteiger partial charge in [0.15, 0.2) is 0 Å². The minimum atomic E-state index is 0.675. The molecule has 3 heteroatoms. The first-order valence-electron chi connectivity index (χ1n) is 9.73. The van der Waals surface area contributed by atoms with Gasteiger partial charge in [0.2, 0.25) is 0 Å². The monoisotopic (exact) mass is 345 g/mol. The maximum atomic E-state index is 8.94. The van der Waals surface area contributed by atoms with Crippen molar-refractivity contribution in [2.45, 2.75) is 26.3 Å². The minimum Gasteiger partial charge on any atom is -0.367 e. The van der Waals surface area contributed by atoms with Crippen LogP contribution in [0.1, 0.15) is 25.8 Å². The molecule has 2 fully saturated rings. The molecule has 0 spiro atoms. The van der Waals surface area contributed by atoms with Crippen LogP contribution < -0.4 is 4.90 Å². The molecular weight excluding hydrogens is 318 g/mol. The lowest BCUT2D eigenvalue weighted by Gasteiger charge is -2.27. The molecule has 2 saturated heterocycles. The van der Waals surface area contributed by atoms with E-state index in [1.807, 2.05) is 24.3 Å². The number of hydrogen-bond acceptors (Lipinski definition) is 3. The lowest BCUT2D eigenvalue weighted by atomic mass is 10.0. The highest BCUT2D eigenvalue weighted by atomic mass is 15.3. The van der Waals surface area contributed by atoms with Crippen molar-refractivity contribution in [3.05, 3.63) is 54.1 Å². The van der Waals surface area contributed by atoms with Gasteiger partial charge in [0, 0.05) is 37.9 Å². The van der Waals surface area contributed by atoms with Crippen molar-refractivity contribution in [2.75, 3.05) is 31.1 Å². The van der Waals surface area contributed by atoms with Crippen LogP contribution in [0.4, 0.5) is 5.69 Å². The maximum Gasteiger partial charge on any atom is 0.0991 e. The predicted molar refractivity (Wildman–Crippen MR) is 107 cm³/mol. The van der Waals surface area contributed by atoms with E-state index in [2.05, 4.69) is 54.0 Å². The molecule has 2 aliphatic rings. The van der Waals surface area contributed by atoms with Gasteiger partial charge in [-0.1, -0.05) is 38.1 Å². The smallest absolute Gasteiger partial charge is 0.0991 e. The van der Waals surface area contributed by atoms with E-state index in [4.69, 9.17) is 5.26 Å². The summed E-state index contributed by atoms with van der Waals surface area (Å²) in [5.74, 6) is 1.57. The lowest BCUT2D eigenvalue weighted by molar-refractivity contribution is 0.281. The molecule has 2 aliphatic heterocycles. The fourth-order valence-corrected chi connectivity index (χ4v) is 4.62. The van der Waals surface area contributed by atoms with E-state index in [0.29, 0.717) is 11.6 Å². The Labute approximate surface area is 156 Å². The molecule has 0 aliphatic carbocycles. The number of rotatable bonds is 4. The molecule has 0 unspecified atom stereocenters. The average molecular weight is 345 g/mol. The summed E-state index contributed by atoms with van der Waals surface area (Å²) in [7, 11) is 0. The molecule has 2 heterocycles. The Kier molecular flexibility index (Phi) is 4.70. The van der Waals surface area contributed by atoms with Crippen LogP contribution in [0.15, 0.2) is 48.5 Å². The summed E-state index contributed by atoms with van der Waals surface area (Å²) in [5, 5.41) is 8.94. The number of hydrogen-bond donors (Lipinski definition) is 0. The van der Waals surface area contributed by atoms with Gasteiger partial charge in [-0.2, -0.15) is 5.26 Å². The van der Waals surface area contributed by atoms with Crippen LogP contribution in [0.25, 0.3) is 11.1 Å². The molecule has 0 saturated carbocycles. The highest BCUT2D eigenvalue weighted by Crippen LogP contribution is 2.36. The van der Waals surface area contributed by atoms with Gasteiger partial charge in [0.05, 0.1) is 11.6 Å². The van der Waals surface area contributed by atoms with Crippen molar-refractivity contribution in [3.63, 3.8) is 0 Å². The third-order valence-electron chi connectivity index (χ3n) is 5.79. The fraction of sp³-hybridized carbons (Fsp3) is 0.435. The molecule has 26 heavy (non-hydrogen) atoms. The second kappa shape index (κ2) is 7.13. The number of anilines is 1. The Morgan fingerprint density at radius 2 is 1.65 bits per heavy atom. The second-order valence-corrected chi connectivity index (χ2v) is 8.16. The van der Waals surface area contributed by atoms with Gasteiger partial charge in [0.1, 0.15) is 0 Å². The summed E-state index contributed by atoms with van der Waals surface area (Å²) in [4.78, 5) is 5.27. The van der Waals surface area contributed by atoms with Gasteiger partial charge in [0.25, 0.3) is 0 Å². The normalized spacial score (nSPS) is 22.6. The average Bonchev–Trinajstić information content (AvgIpc) is 3.21. The van der Waals surface area contributed by atoms with Crippen LogP contribution in [-0.2, 0) is 0 Å².